The number of nitrogens with zero attached hydrogens (tertiary/aromatic N) is 1. The SMILES string of the molecule is CCCCOC(=O)CCN(CCS(N)(=O)=O)C(=O)OC(C)(C)C. The van der Waals surface area contributed by atoms with Crippen LogP contribution >= 0.6 is 0 Å². The second kappa shape index (κ2) is 9.71. The predicted molar refractivity (Wildman–Crippen MR) is 86.3 cm³/mol. The fraction of sp³-hybridized carbons (Fsp3) is 0.857. The molecule has 0 aromatic heterocycles. The van der Waals surface area contributed by atoms with Crippen molar-refractivity contribution >= 4 is 22.1 Å². The van der Waals surface area contributed by atoms with E-state index < -0.39 is 33.4 Å². The van der Waals surface area contributed by atoms with Gasteiger partial charge in [0.25, 0.3) is 0 Å². The van der Waals surface area contributed by atoms with Crippen molar-refractivity contribution in [3.63, 3.8) is 0 Å². The fourth-order valence-electron chi connectivity index (χ4n) is 1.49. The molecule has 136 valence electrons. The number of amides is 1. The molecular formula is C14H28N2O6S. The van der Waals surface area contributed by atoms with Crippen LogP contribution in [0.1, 0.15) is 47.0 Å². The smallest absolute Gasteiger partial charge is 0.410 e. The molecule has 0 heterocycles. The maximum absolute atomic E-state index is 12.1. The Bertz CT molecular complexity index is 484. The van der Waals surface area contributed by atoms with E-state index in [0.717, 1.165) is 17.7 Å². The van der Waals surface area contributed by atoms with E-state index in [4.69, 9.17) is 14.6 Å². The highest BCUT2D eigenvalue weighted by Gasteiger charge is 2.23. The Hall–Kier alpha value is -1.35. The van der Waals surface area contributed by atoms with Crippen LogP contribution in [0, 0.1) is 0 Å². The summed E-state index contributed by atoms with van der Waals surface area (Å²) < 4.78 is 32.3. The van der Waals surface area contributed by atoms with Gasteiger partial charge in [0.1, 0.15) is 5.60 Å². The molecule has 0 saturated carbocycles. The first-order valence-corrected chi connectivity index (χ1v) is 9.30. The topological polar surface area (TPSA) is 116 Å². The molecule has 0 fully saturated rings. The minimum atomic E-state index is -3.72. The number of rotatable bonds is 9. The number of nitrogens with two attached hydrogens (primary N) is 1. The van der Waals surface area contributed by atoms with Gasteiger partial charge in [0.2, 0.25) is 10.0 Å². The first-order chi connectivity index (χ1) is 10.4. The van der Waals surface area contributed by atoms with Gasteiger partial charge in [-0.25, -0.2) is 18.4 Å². The average molecular weight is 352 g/mol. The average Bonchev–Trinajstić information content (AvgIpc) is 2.35. The van der Waals surface area contributed by atoms with Crippen LogP contribution in [0.3, 0.4) is 0 Å². The first kappa shape index (κ1) is 21.6. The molecule has 0 rings (SSSR count). The van der Waals surface area contributed by atoms with Gasteiger partial charge in [-0.15, -0.1) is 0 Å². The minimum absolute atomic E-state index is 0.00932. The van der Waals surface area contributed by atoms with E-state index in [2.05, 4.69) is 0 Å². The van der Waals surface area contributed by atoms with Crippen molar-refractivity contribution in [3.8, 4) is 0 Å². The number of ether oxygens (including phenoxy) is 2. The van der Waals surface area contributed by atoms with Gasteiger partial charge in [-0.2, -0.15) is 0 Å². The van der Waals surface area contributed by atoms with Gasteiger partial charge in [-0.3, -0.25) is 4.79 Å². The van der Waals surface area contributed by atoms with Gasteiger partial charge in [0.15, 0.2) is 0 Å². The summed E-state index contributed by atoms with van der Waals surface area (Å²) in [5, 5.41) is 4.95. The van der Waals surface area contributed by atoms with Crippen molar-refractivity contribution in [2.45, 2.75) is 52.6 Å². The Morgan fingerprint density at radius 2 is 1.78 bits per heavy atom. The Morgan fingerprint density at radius 3 is 2.26 bits per heavy atom. The summed E-state index contributed by atoms with van der Waals surface area (Å²) in [4.78, 5) is 24.8. The molecule has 0 radical (unpaired) electrons. The van der Waals surface area contributed by atoms with E-state index in [1.165, 1.54) is 0 Å². The van der Waals surface area contributed by atoms with Crippen LogP contribution in [-0.4, -0.2) is 56.4 Å². The Kier molecular flexibility index (Phi) is 9.14. The molecule has 0 aromatic carbocycles. The molecule has 8 nitrogen and oxygen atoms in total. The third-order valence-corrected chi connectivity index (χ3v) is 3.40. The van der Waals surface area contributed by atoms with Crippen molar-refractivity contribution in [2.24, 2.45) is 5.14 Å². The van der Waals surface area contributed by atoms with Gasteiger partial charge in [-0.05, 0) is 27.2 Å². The van der Waals surface area contributed by atoms with Crippen LogP contribution in [-0.2, 0) is 24.3 Å². The normalized spacial score (nSPS) is 11.9. The number of hydrogen-bond donors (Lipinski definition) is 1. The molecule has 23 heavy (non-hydrogen) atoms. The molecule has 0 atom stereocenters. The maximum Gasteiger partial charge on any atom is 0.410 e. The van der Waals surface area contributed by atoms with Crippen LogP contribution < -0.4 is 5.14 Å². The van der Waals surface area contributed by atoms with E-state index in [1.807, 2.05) is 6.92 Å². The summed E-state index contributed by atoms with van der Waals surface area (Å²) >= 11 is 0. The molecule has 1 amide bonds. The lowest BCUT2D eigenvalue weighted by Gasteiger charge is -2.27. The van der Waals surface area contributed by atoms with Gasteiger partial charge in [-0.1, -0.05) is 13.3 Å². The molecule has 2 N–H and O–H groups in total. The number of primary sulfonamides is 1. The quantitative estimate of drug-likeness (QED) is 0.493. The third kappa shape index (κ3) is 12.8. The van der Waals surface area contributed by atoms with E-state index in [0.29, 0.717) is 6.61 Å². The maximum atomic E-state index is 12.1. The highest BCUT2D eigenvalue weighted by molar-refractivity contribution is 7.89. The monoisotopic (exact) mass is 352 g/mol. The largest absolute Gasteiger partial charge is 0.466 e. The first-order valence-electron chi connectivity index (χ1n) is 7.58. The predicted octanol–water partition coefficient (Wildman–Crippen LogP) is 1.25. The Labute approximate surface area is 138 Å². The van der Waals surface area contributed by atoms with Gasteiger partial charge in [0, 0.05) is 13.1 Å². The molecule has 0 saturated heterocycles. The lowest BCUT2D eigenvalue weighted by atomic mass is 10.2. The summed E-state index contributed by atoms with van der Waals surface area (Å²) in [5.74, 6) is -0.848. The zero-order chi connectivity index (χ0) is 18.1. The number of unbranched alkanes of at least 4 members (excludes halogenated alkanes) is 1. The minimum Gasteiger partial charge on any atom is -0.466 e. The van der Waals surface area contributed by atoms with Gasteiger partial charge < -0.3 is 14.4 Å². The summed E-state index contributed by atoms with van der Waals surface area (Å²) in [6.45, 7) is 7.26. The molecule has 0 aromatic rings. The molecule has 0 bridgehead atoms. The van der Waals surface area contributed by atoms with Crippen LogP contribution in [0.15, 0.2) is 0 Å². The fourth-order valence-corrected chi connectivity index (χ4v) is 1.96. The molecule has 0 aliphatic heterocycles. The van der Waals surface area contributed by atoms with Crippen molar-refractivity contribution < 1.29 is 27.5 Å². The third-order valence-electron chi connectivity index (χ3n) is 2.64. The van der Waals surface area contributed by atoms with E-state index in [9.17, 15) is 18.0 Å². The Balaban J connectivity index is 4.59. The molecule has 0 aliphatic carbocycles. The number of hydrogen-bond acceptors (Lipinski definition) is 6. The second-order valence-electron chi connectivity index (χ2n) is 6.16. The van der Waals surface area contributed by atoms with Crippen LogP contribution in [0.2, 0.25) is 0 Å². The zero-order valence-electron chi connectivity index (χ0n) is 14.3. The van der Waals surface area contributed by atoms with Gasteiger partial charge >= 0.3 is 12.1 Å². The standard InChI is InChI=1S/C14H28N2O6S/c1-5-6-10-21-12(17)7-8-16(9-11-23(15,19)20)13(18)22-14(2,3)4/h5-11H2,1-4H3,(H2,15,19,20). The van der Waals surface area contributed by atoms with Crippen molar-refractivity contribution in [1.29, 1.82) is 0 Å². The van der Waals surface area contributed by atoms with Crippen LogP contribution in [0.25, 0.3) is 0 Å². The second-order valence-corrected chi connectivity index (χ2v) is 7.89. The highest BCUT2D eigenvalue weighted by Crippen LogP contribution is 2.10. The molecule has 0 aliphatic rings. The van der Waals surface area contributed by atoms with E-state index in [-0.39, 0.29) is 19.5 Å². The molecular weight excluding hydrogens is 324 g/mol. The highest BCUT2D eigenvalue weighted by atomic mass is 32.2. The van der Waals surface area contributed by atoms with Crippen molar-refractivity contribution in [3.05, 3.63) is 0 Å². The molecule has 0 unspecified atom stereocenters. The summed E-state index contributed by atoms with van der Waals surface area (Å²) in [7, 11) is -3.72. The van der Waals surface area contributed by atoms with E-state index >= 15 is 0 Å². The number of esters is 1. The number of carbonyl (C=O) groups is 2. The van der Waals surface area contributed by atoms with Crippen molar-refractivity contribution in [2.75, 3.05) is 25.4 Å². The lowest BCUT2D eigenvalue weighted by Crippen LogP contribution is -2.41. The lowest BCUT2D eigenvalue weighted by molar-refractivity contribution is -0.144. The Morgan fingerprint density at radius 1 is 1.17 bits per heavy atom. The van der Waals surface area contributed by atoms with Crippen LogP contribution in [0.4, 0.5) is 4.79 Å². The van der Waals surface area contributed by atoms with E-state index in [1.54, 1.807) is 20.8 Å². The van der Waals surface area contributed by atoms with Crippen molar-refractivity contribution in [1.82, 2.24) is 4.90 Å². The molecule has 9 heteroatoms. The number of sulfonamides is 1. The summed E-state index contributed by atoms with van der Waals surface area (Å²) in [5.41, 5.74) is -0.724. The number of carbonyl (C=O) groups excluding carboxylic acids is 2. The molecule has 0 spiro atoms. The summed E-state index contributed by atoms with van der Waals surface area (Å²) in [6, 6.07) is 0. The zero-order valence-corrected chi connectivity index (χ0v) is 15.1. The van der Waals surface area contributed by atoms with Crippen LogP contribution in [0.5, 0.6) is 0 Å². The summed E-state index contributed by atoms with van der Waals surface area (Å²) in [6.07, 6.45) is 0.953. The van der Waals surface area contributed by atoms with Gasteiger partial charge in [0.05, 0.1) is 18.8 Å².